The van der Waals surface area contributed by atoms with Crippen LogP contribution in [0, 0.1) is 27.0 Å². The lowest BCUT2D eigenvalue weighted by molar-refractivity contribution is -0.140. The highest BCUT2D eigenvalue weighted by molar-refractivity contribution is 7.91. The Kier molecular flexibility index (Phi) is 19.5. The molecule has 0 spiro atoms. The normalized spacial score (nSPS) is 12.7. The van der Waals surface area contributed by atoms with Crippen LogP contribution >= 0.6 is 23.2 Å². The first-order chi connectivity index (χ1) is 29.3. The lowest BCUT2D eigenvalue weighted by Crippen LogP contribution is -2.52. The van der Waals surface area contributed by atoms with Gasteiger partial charge in [-0.3, -0.25) is 30.7 Å². The number of nitrogens with zero attached hydrogens (tertiary/aromatic N) is 2. The number of nitrogens with two attached hydrogens (primary N) is 1. The van der Waals surface area contributed by atoms with Crippen molar-refractivity contribution in [1.29, 1.82) is 0 Å². The number of aliphatic hydroxyl groups is 2. The van der Waals surface area contributed by atoms with Gasteiger partial charge in [0.1, 0.15) is 6.04 Å². The molecule has 0 fully saturated rings. The zero-order valence-electron chi connectivity index (χ0n) is 34.4. The molecule has 0 aliphatic heterocycles. The Balaban J connectivity index is 0.000000360. The third-order valence-corrected chi connectivity index (χ3v) is 11.8. The number of nitrogens with one attached hydrogen (secondary N) is 5. The monoisotopic (exact) mass is 946 g/mol. The number of carbonyl (C=O) groups excluding carboxylic acids is 3. The molecule has 23 heteroatoms. The van der Waals surface area contributed by atoms with Crippen LogP contribution in [0.1, 0.15) is 45.7 Å². The number of rotatable bonds is 12. The van der Waals surface area contributed by atoms with E-state index in [1.807, 2.05) is 5.43 Å². The van der Waals surface area contributed by atoms with Crippen LogP contribution in [0.25, 0.3) is 9.69 Å². The highest BCUT2D eigenvalue weighted by Crippen LogP contribution is 2.34. The topological polar surface area (TPSA) is 292 Å². The number of aliphatic hydroxyl groups excluding tert-OH is 2. The molecule has 0 aliphatic rings. The molecule has 4 rings (SSSR count). The summed E-state index contributed by atoms with van der Waals surface area (Å²) in [7, 11) is -6.61. The van der Waals surface area contributed by atoms with E-state index in [1.165, 1.54) is 74.5 Å². The summed E-state index contributed by atoms with van der Waals surface area (Å²) in [5, 5.41) is 34.4. The van der Waals surface area contributed by atoms with Gasteiger partial charge in [-0.05, 0) is 99.5 Å². The van der Waals surface area contributed by atoms with Crippen LogP contribution in [0.2, 0.25) is 10.0 Å². The first kappa shape index (κ1) is 52.8. The standard InChI is InChI=1S/C20H21ClN4O5S.C12H13ClN2O3.C8H10N2O3S/c1-11-15(9-10-16(22-3)17(11)21)23-18(12(2)26)20(28)25-24-19(27)13-5-7-14(8-6-13)31(4,29)30;1-6-8(4-5-9(14-3)10(6)13)15-11(7(2)16)12(17)18;1-14(12,13)7-4-2-6(3-5-7)8(11)10-9/h5-10,12,18,23,26H,1-2,4H3,(H,24,27)(H,25,28);4-5,7,11,15-16H,1-2H3,(H,17,18);2-5H,9H2,1H3,(H,10,11)/t12-,18+;7-,11+;/m00./s1. The van der Waals surface area contributed by atoms with Crippen molar-refractivity contribution in [3.05, 3.63) is 128 Å². The highest BCUT2D eigenvalue weighted by atomic mass is 35.5. The number of sulfone groups is 2. The summed E-state index contributed by atoms with van der Waals surface area (Å²) in [4.78, 5) is 53.5. The van der Waals surface area contributed by atoms with Crippen LogP contribution in [0.3, 0.4) is 0 Å². The number of carboxylic acid groups (broad SMARTS) is 1. The fraction of sp³-hybridized carbons (Fsp3) is 0.250. The predicted molar refractivity (Wildman–Crippen MR) is 237 cm³/mol. The Labute approximate surface area is 374 Å². The van der Waals surface area contributed by atoms with Crippen molar-refractivity contribution >= 4 is 89.3 Å². The van der Waals surface area contributed by atoms with E-state index in [2.05, 4.69) is 31.2 Å². The summed E-state index contributed by atoms with van der Waals surface area (Å²) >= 11 is 12.1. The van der Waals surface area contributed by atoms with Gasteiger partial charge in [0.25, 0.3) is 17.7 Å². The van der Waals surface area contributed by atoms with Gasteiger partial charge in [-0.15, -0.1) is 0 Å². The van der Waals surface area contributed by atoms with Crippen LogP contribution in [-0.4, -0.2) is 92.6 Å². The van der Waals surface area contributed by atoms with Gasteiger partial charge in [-0.1, -0.05) is 35.3 Å². The molecule has 4 atom stereocenters. The molecule has 0 radical (unpaired) electrons. The van der Waals surface area contributed by atoms with Crippen molar-refractivity contribution < 1.29 is 51.3 Å². The maximum atomic E-state index is 12.5. The van der Waals surface area contributed by atoms with Crippen molar-refractivity contribution in [3.63, 3.8) is 0 Å². The van der Waals surface area contributed by atoms with Crippen LogP contribution in [0.4, 0.5) is 22.7 Å². The van der Waals surface area contributed by atoms with Gasteiger partial charge in [-0.2, -0.15) is 0 Å². The Hall–Kier alpha value is -6.30. The predicted octanol–water partition coefficient (Wildman–Crippen LogP) is 4.36. The minimum atomic E-state index is -3.40. The van der Waals surface area contributed by atoms with E-state index in [9.17, 15) is 46.2 Å². The average Bonchev–Trinajstić information content (AvgIpc) is 3.23. The molecule has 19 nitrogen and oxygen atoms in total. The lowest BCUT2D eigenvalue weighted by Gasteiger charge is -2.23. The second-order valence-corrected chi connectivity index (χ2v) is 18.2. The molecule has 4 aromatic carbocycles. The van der Waals surface area contributed by atoms with Gasteiger partial charge in [0.15, 0.2) is 25.7 Å². The molecule has 3 amide bonds. The zero-order chi connectivity index (χ0) is 48.0. The lowest BCUT2D eigenvalue weighted by atomic mass is 10.1. The van der Waals surface area contributed by atoms with E-state index in [0.29, 0.717) is 33.8 Å². The number of benzene rings is 4. The molecule has 10 N–H and O–H groups in total. The van der Waals surface area contributed by atoms with Crippen LogP contribution in [0.15, 0.2) is 82.6 Å². The minimum Gasteiger partial charge on any atom is -0.480 e. The summed E-state index contributed by atoms with van der Waals surface area (Å²) in [5.41, 5.74) is 9.46. The molecule has 0 saturated carbocycles. The van der Waals surface area contributed by atoms with Crippen molar-refractivity contribution in [1.82, 2.24) is 16.3 Å². The zero-order valence-corrected chi connectivity index (χ0v) is 37.5. The van der Waals surface area contributed by atoms with Crippen LogP contribution < -0.4 is 32.8 Å². The quantitative estimate of drug-likeness (QED) is 0.0413. The minimum absolute atomic E-state index is 0.0599. The Morgan fingerprint density at radius 1 is 0.635 bits per heavy atom. The van der Waals surface area contributed by atoms with Crippen LogP contribution in [-0.2, 0) is 29.3 Å². The Morgan fingerprint density at radius 2 is 1.00 bits per heavy atom. The molecule has 0 heterocycles. The molecular formula is C40H44Cl2N8O11S2. The van der Waals surface area contributed by atoms with Gasteiger partial charge in [-0.25, -0.2) is 37.2 Å². The summed E-state index contributed by atoms with van der Waals surface area (Å²) in [6, 6.07) is 14.6. The smallest absolute Gasteiger partial charge is 0.328 e. The Morgan fingerprint density at radius 3 is 1.32 bits per heavy atom. The number of hydrogen-bond acceptors (Lipinski definition) is 13. The molecule has 63 heavy (non-hydrogen) atoms. The second kappa shape index (κ2) is 23.2. The molecule has 4 aromatic rings. The van der Waals surface area contributed by atoms with Gasteiger partial charge in [0.2, 0.25) is 11.4 Å². The van der Waals surface area contributed by atoms with Crippen molar-refractivity contribution in [2.75, 3.05) is 23.1 Å². The number of anilines is 2. The maximum absolute atomic E-state index is 12.5. The summed E-state index contributed by atoms with van der Waals surface area (Å²) < 4.78 is 45.1. The molecule has 0 bridgehead atoms. The SMILES string of the molecule is CS(=O)(=O)c1ccc(C(=O)NN)cc1.[C-]#[N+]c1ccc(N[C@@H](C(=O)NNC(=O)c2ccc(S(C)(=O)=O)cc2)[C@H](C)O)c(C)c1Cl.[C-]#[N+]c1ccc(N[C@@H](C(=O)O)[C@H](C)O)c(C)c1Cl. The number of nitrogen functional groups attached to an aromatic ring is 1. The highest BCUT2D eigenvalue weighted by Gasteiger charge is 2.26. The first-order valence-corrected chi connectivity index (χ1v) is 22.5. The third-order valence-electron chi connectivity index (χ3n) is 8.63. The van der Waals surface area contributed by atoms with E-state index >= 15 is 0 Å². The summed E-state index contributed by atoms with van der Waals surface area (Å²) in [6.45, 7) is 20.1. The molecule has 0 saturated heterocycles. The number of carbonyl (C=O) groups is 4. The summed E-state index contributed by atoms with van der Waals surface area (Å²) in [5.74, 6) is 1.91. The number of aliphatic carboxylic acids is 1. The number of halogens is 2. The van der Waals surface area contributed by atoms with Crippen LogP contribution in [0.5, 0.6) is 0 Å². The van der Waals surface area contributed by atoms with Gasteiger partial charge in [0, 0.05) is 35.0 Å². The molecule has 0 aromatic heterocycles. The molecular weight excluding hydrogens is 904 g/mol. The van der Waals surface area contributed by atoms with E-state index in [1.54, 1.807) is 26.0 Å². The maximum Gasteiger partial charge on any atom is 0.328 e. The largest absolute Gasteiger partial charge is 0.480 e. The third kappa shape index (κ3) is 15.2. The van der Waals surface area contributed by atoms with Crippen molar-refractivity contribution in [3.8, 4) is 0 Å². The Bertz CT molecular complexity index is 2630. The number of hydrazine groups is 2. The first-order valence-electron chi connectivity index (χ1n) is 17.9. The van der Waals surface area contributed by atoms with Gasteiger partial charge < -0.3 is 26.0 Å². The molecule has 336 valence electrons. The number of carboxylic acids is 1. The molecule has 0 unspecified atom stereocenters. The average molecular weight is 948 g/mol. The van der Waals surface area contributed by atoms with E-state index in [-0.39, 0.29) is 31.1 Å². The van der Waals surface area contributed by atoms with E-state index in [4.69, 9.17) is 47.3 Å². The summed E-state index contributed by atoms with van der Waals surface area (Å²) in [6.07, 6.45) is -0.0356. The van der Waals surface area contributed by atoms with E-state index < -0.39 is 67.7 Å². The van der Waals surface area contributed by atoms with Gasteiger partial charge in [0.05, 0.1) is 45.2 Å². The fourth-order valence-corrected chi connectivity index (χ4v) is 6.69. The van der Waals surface area contributed by atoms with E-state index in [0.717, 1.165) is 12.5 Å². The molecule has 0 aliphatic carbocycles. The fourth-order valence-electron chi connectivity index (χ4n) is 5.01. The second-order valence-electron chi connectivity index (χ2n) is 13.4. The van der Waals surface area contributed by atoms with Crippen molar-refractivity contribution in [2.45, 2.75) is 61.8 Å². The number of hydrogen-bond donors (Lipinski definition) is 9. The van der Waals surface area contributed by atoms with Gasteiger partial charge >= 0.3 is 5.97 Å². The number of amides is 3. The van der Waals surface area contributed by atoms with Crippen molar-refractivity contribution in [2.24, 2.45) is 5.84 Å².